The monoisotopic (exact) mass is 744 g/mol. The number of aryl methyl sites for hydroxylation is 8. The first-order chi connectivity index (χ1) is 27.0. The fraction of sp³-hybridized carbons (Fsp3) is 0.200. The van der Waals surface area contributed by atoms with Crippen LogP contribution in [-0.2, 0) is 0 Å². The van der Waals surface area contributed by atoms with E-state index >= 15 is 0 Å². The Bertz CT molecular complexity index is 3320. The first-order valence-electron chi connectivity index (χ1n) is 17.8. The van der Waals surface area contributed by atoms with Crippen molar-refractivity contribution >= 4 is 88.8 Å². The Hall–Kier alpha value is -7.36. The predicted molar refractivity (Wildman–Crippen MR) is 200 cm³/mol. The van der Waals surface area contributed by atoms with Crippen molar-refractivity contribution in [1.82, 2.24) is 39.9 Å². The summed E-state index contributed by atoms with van der Waals surface area (Å²) in [7, 11) is 0. The molecule has 0 saturated heterocycles. The molecule has 0 N–H and O–H groups in total. The number of aromatic nitrogens is 8. The molecule has 1 aliphatic heterocycles. The molecule has 0 spiro atoms. The van der Waals surface area contributed by atoms with Crippen molar-refractivity contribution in [3.63, 3.8) is 0 Å². The molecule has 56 heavy (non-hydrogen) atoms. The molecule has 8 bridgehead atoms. The number of benzene rings is 4. The van der Waals surface area contributed by atoms with Gasteiger partial charge in [-0.15, -0.1) is 0 Å². The van der Waals surface area contributed by atoms with Gasteiger partial charge in [0.05, 0.1) is 5.56 Å². The average Bonchev–Trinajstić information content (AvgIpc) is 4.00. The molecule has 0 saturated carbocycles. The maximum absolute atomic E-state index is 6.84. The fourth-order valence-electron chi connectivity index (χ4n) is 8.45. The van der Waals surface area contributed by atoms with E-state index in [-0.39, 0.29) is 23.6 Å². The molecule has 16 nitrogen and oxygen atoms in total. The van der Waals surface area contributed by atoms with Crippen molar-refractivity contribution in [2.45, 2.75) is 55.4 Å². The SMILES string of the molecule is Cc1nc2c3c4nc(oc4c(C)c2o1)-c1c2oc(C)nc2c(C)c2nc(oc12)-c1c2oc(C)nc2c(C)c2nc(oc12)-c1c2oc(C)nc2c(C)c2nc-3oc12. The van der Waals surface area contributed by atoms with E-state index in [0.717, 1.165) is 16.7 Å². The summed E-state index contributed by atoms with van der Waals surface area (Å²) in [4.78, 5) is 39.6. The Morgan fingerprint density at radius 2 is 0.482 bits per heavy atom. The third-order valence-electron chi connectivity index (χ3n) is 10.9. The third kappa shape index (κ3) is 3.42. The standard InChI is InChI=1S/C40H24N8O8/c1-9-21-31(50-13(5)41-21)18-34-24(9)45-37(54-34)17-27-29(49-16(8)44-27)12(4)30-28(17)48-40(53-30)20-33-23(43-15(7)52-33)11(3)26-36(20)56-39(47-26)19-32-22(42-14(6)51-32)10(2)25-35(19)55-38(18)46-25/h1-8H3. The largest absolute Gasteiger partial charge is 0.441 e. The highest BCUT2D eigenvalue weighted by Gasteiger charge is 2.35. The molecule has 8 aromatic heterocycles. The van der Waals surface area contributed by atoms with Gasteiger partial charge in [-0.05, 0) is 27.7 Å². The van der Waals surface area contributed by atoms with E-state index in [4.69, 9.17) is 75.2 Å². The Kier molecular flexibility index (Phi) is 5.07. The zero-order valence-electron chi connectivity index (χ0n) is 30.8. The number of rotatable bonds is 0. The quantitative estimate of drug-likeness (QED) is 0.141. The van der Waals surface area contributed by atoms with Gasteiger partial charge in [0.25, 0.3) is 0 Å². The highest BCUT2D eigenvalue weighted by atomic mass is 16.4. The van der Waals surface area contributed by atoms with Crippen LogP contribution in [-0.4, -0.2) is 39.9 Å². The molecule has 12 aromatic rings. The minimum atomic E-state index is 0.191. The molecule has 16 heteroatoms. The molecule has 272 valence electrons. The third-order valence-corrected chi connectivity index (χ3v) is 10.9. The minimum absolute atomic E-state index is 0.191. The topological polar surface area (TPSA) is 208 Å². The lowest BCUT2D eigenvalue weighted by Gasteiger charge is -2.02. The lowest BCUT2D eigenvalue weighted by Crippen LogP contribution is -1.89. The van der Waals surface area contributed by atoms with Crippen LogP contribution in [0.15, 0.2) is 35.3 Å². The van der Waals surface area contributed by atoms with Gasteiger partial charge in [-0.25, -0.2) is 39.9 Å². The highest BCUT2D eigenvalue weighted by molar-refractivity contribution is 6.15. The second-order valence-corrected chi connectivity index (χ2v) is 14.4. The van der Waals surface area contributed by atoms with Crippen LogP contribution in [0.4, 0.5) is 0 Å². The second kappa shape index (κ2) is 9.46. The van der Waals surface area contributed by atoms with Gasteiger partial charge >= 0.3 is 0 Å². The van der Waals surface area contributed by atoms with Crippen LogP contribution in [0.25, 0.3) is 135 Å². The summed E-state index contributed by atoms with van der Waals surface area (Å²) >= 11 is 0. The van der Waals surface area contributed by atoms with Crippen LogP contribution in [0.1, 0.15) is 45.8 Å². The smallest absolute Gasteiger partial charge is 0.235 e. The predicted octanol–water partition coefficient (Wildman–Crippen LogP) is 10.3. The molecule has 13 rings (SSSR count). The van der Waals surface area contributed by atoms with E-state index in [0.29, 0.717) is 140 Å². The van der Waals surface area contributed by atoms with Crippen LogP contribution in [0.3, 0.4) is 0 Å². The van der Waals surface area contributed by atoms with E-state index < -0.39 is 0 Å². The highest BCUT2D eigenvalue weighted by Crippen LogP contribution is 2.50. The van der Waals surface area contributed by atoms with Gasteiger partial charge in [0.15, 0.2) is 68.2 Å². The van der Waals surface area contributed by atoms with Gasteiger partial charge in [0.1, 0.15) is 60.8 Å². The van der Waals surface area contributed by atoms with Crippen molar-refractivity contribution in [3.05, 3.63) is 45.8 Å². The lowest BCUT2D eigenvalue weighted by atomic mass is 10.1. The molecule has 0 unspecified atom stereocenters. The number of hydrogen-bond acceptors (Lipinski definition) is 16. The Labute approximate surface area is 310 Å². The molecule has 4 aromatic carbocycles. The van der Waals surface area contributed by atoms with Crippen LogP contribution in [0.2, 0.25) is 0 Å². The number of nitrogens with zero attached hydrogens (tertiary/aromatic N) is 8. The van der Waals surface area contributed by atoms with Gasteiger partial charge in [-0.3, -0.25) is 0 Å². The molecule has 1 aliphatic rings. The molecule has 0 aliphatic carbocycles. The number of hydrogen-bond donors (Lipinski definition) is 0. The maximum Gasteiger partial charge on any atom is 0.235 e. The van der Waals surface area contributed by atoms with E-state index in [2.05, 4.69) is 0 Å². The molecular formula is C40H24N8O8. The Balaban J connectivity index is 1.31. The summed E-state index contributed by atoms with van der Waals surface area (Å²) in [6, 6.07) is 0. The molecule has 0 atom stereocenters. The van der Waals surface area contributed by atoms with E-state index in [1.165, 1.54) is 0 Å². The van der Waals surface area contributed by atoms with Crippen molar-refractivity contribution in [2.75, 3.05) is 0 Å². The minimum Gasteiger partial charge on any atom is -0.441 e. The van der Waals surface area contributed by atoms with Crippen molar-refractivity contribution in [2.24, 2.45) is 0 Å². The van der Waals surface area contributed by atoms with Crippen molar-refractivity contribution in [3.8, 4) is 45.8 Å². The molecular weight excluding hydrogens is 720 g/mol. The average molecular weight is 745 g/mol. The van der Waals surface area contributed by atoms with E-state index in [1.54, 1.807) is 27.7 Å². The maximum atomic E-state index is 6.84. The van der Waals surface area contributed by atoms with Crippen LogP contribution < -0.4 is 0 Å². The van der Waals surface area contributed by atoms with E-state index in [1.807, 2.05) is 27.7 Å². The summed E-state index contributed by atoms with van der Waals surface area (Å²) in [5.41, 5.74) is 12.1. The zero-order valence-corrected chi connectivity index (χ0v) is 30.8. The summed E-state index contributed by atoms with van der Waals surface area (Å²) in [6.07, 6.45) is 0. The lowest BCUT2D eigenvalue weighted by molar-refractivity contribution is 0.553. The fourth-order valence-corrected chi connectivity index (χ4v) is 8.45. The van der Waals surface area contributed by atoms with Crippen LogP contribution >= 0.6 is 0 Å². The first-order valence-corrected chi connectivity index (χ1v) is 17.8. The van der Waals surface area contributed by atoms with Crippen LogP contribution in [0.5, 0.6) is 0 Å². The van der Waals surface area contributed by atoms with Crippen LogP contribution in [0, 0.1) is 55.4 Å². The van der Waals surface area contributed by atoms with Gasteiger partial charge in [0, 0.05) is 49.9 Å². The van der Waals surface area contributed by atoms with Gasteiger partial charge in [-0.1, -0.05) is 0 Å². The summed E-state index contributed by atoms with van der Waals surface area (Å²) in [5, 5.41) is 0. The summed E-state index contributed by atoms with van der Waals surface area (Å²) in [5.74, 6) is 2.59. The molecule has 0 amide bonds. The normalized spacial score (nSPS) is 13.0. The van der Waals surface area contributed by atoms with Gasteiger partial charge in [-0.2, -0.15) is 0 Å². The second-order valence-electron chi connectivity index (χ2n) is 14.4. The van der Waals surface area contributed by atoms with Crippen molar-refractivity contribution < 1.29 is 35.3 Å². The van der Waals surface area contributed by atoms with E-state index in [9.17, 15) is 0 Å². The van der Waals surface area contributed by atoms with Gasteiger partial charge in [0.2, 0.25) is 23.6 Å². The molecule has 9 heterocycles. The summed E-state index contributed by atoms with van der Waals surface area (Å²) in [6.45, 7) is 14.8. The zero-order chi connectivity index (χ0) is 37.8. The molecule has 0 fully saturated rings. The number of fused-ring (bicyclic) bond motifs is 16. The van der Waals surface area contributed by atoms with Crippen molar-refractivity contribution in [1.29, 1.82) is 0 Å². The Morgan fingerprint density at radius 3 is 0.893 bits per heavy atom. The molecule has 0 radical (unpaired) electrons. The number of oxazole rings is 8. The Morgan fingerprint density at radius 1 is 0.232 bits per heavy atom. The van der Waals surface area contributed by atoms with Gasteiger partial charge < -0.3 is 35.3 Å². The first kappa shape index (κ1) is 30.0. The summed E-state index contributed by atoms with van der Waals surface area (Å²) < 4.78 is 52.3.